The van der Waals surface area contributed by atoms with Crippen LogP contribution in [0.3, 0.4) is 0 Å². The van der Waals surface area contributed by atoms with Crippen LogP contribution in [0.1, 0.15) is 36.7 Å². The first-order valence-corrected chi connectivity index (χ1v) is 5.68. The van der Waals surface area contributed by atoms with Gasteiger partial charge in [-0.1, -0.05) is 39.0 Å². The van der Waals surface area contributed by atoms with Gasteiger partial charge in [0.15, 0.2) is 5.11 Å². The highest BCUT2D eigenvalue weighted by Crippen LogP contribution is 2.25. The molecule has 1 aromatic rings. The van der Waals surface area contributed by atoms with Crippen molar-refractivity contribution in [1.82, 2.24) is 10.9 Å². The number of carbonyl (C=O) groups is 1. The molecule has 0 radical (unpaired) electrons. The second-order valence-electron chi connectivity index (χ2n) is 4.74. The van der Waals surface area contributed by atoms with Crippen molar-refractivity contribution in [3.05, 3.63) is 35.4 Å². The van der Waals surface area contributed by atoms with Gasteiger partial charge >= 0.3 is 0 Å². The van der Waals surface area contributed by atoms with Gasteiger partial charge in [0.2, 0.25) is 0 Å². The summed E-state index contributed by atoms with van der Waals surface area (Å²) in [5.74, 6) is -0.247. The number of benzene rings is 1. The molecule has 0 heterocycles. The Kier molecular flexibility index (Phi) is 4.07. The van der Waals surface area contributed by atoms with Crippen molar-refractivity contribution in [2.24, 2.45) is 5.73 Å². The van der Waals surface area contributed by atoms with E-state index >= 15 is 0 Å². The quantitative estimate of drug-likeness (QED) is 0.522. The van der Waals surface area contributed by atoms with Crippen LogP contribution in [0.15, 0.2) is 24.3 Å². The number of amides is 1. The van der Waals surface area contributed by atoms with Crippen LogP contribution in [0.2, 0.25) is 0 Å². The summed E-state index contributed by atoms with van der Waals surface area (Å²) in [6.45, 7) is 6.17. The van der Waals surface area contributed by atoms with Crippen molar-refractivity contribution < 1.29 is 4.79 Å². The highest BCUT2D eigenvalue weighted by molar-refractivity contribution is 7.80. The molecule has 1 amide bonds. The molecular weight excluding hydrogens is 234 g/mol. The van der Waals surface area contributed by atoms with Crippen LogP contribution in [0, 0.1) is 0 Å². The molecule has 92 valence electrons. The van der Waals surface area contributed by atoms with E-state index < -0.39 is 0 Å². The van der Waals surface area contributed by atoms with E-state index in [0.29, 0.717) is 5.56 Å². The first-order chi connectivity index (χ1) is 7.82. The van der Waals surface area contributed by atoms with Gasteiger partial charge in [-0.05, 0) is 29.3 Å². The maximum Gasteiger partial charge on any atom is 0.269 e. The molecule has 1 aromatic carbocycles. The minimum absolute atomic E-state index is 0.0339. The topological polar surface area (TPSA) is 67.2 Å². The predicted molar refractivity (Wildman–Crippen MR) is 72.5 cm³/mol. The number of hydrazine groups is 1. The Morgan fingerprint density at radius 2 is 1.82 bits per heavy atom. The summed E-state index contributed by atoms with van der Waals surface area (Å²) in [5.41, 5.74) is 11.6. The first-order valence-electron chi connectivity index (χ1n) is 5.27. The molecule has 4 N–H and O–H groups in total. The smallest absolute Gasteiger partial charge is 0.269 e. The van der Waals surface area contributed by atoms with E-state index in [0.717, 1.165) is 5.56 Å². The molecule has 0 spiro atoms. The molecule has 5 heteroatoms. The summed E-state index contributed by atoms with van der Waals surface area (Å²) in [6.07, 6.45) is 0. The molecule has 0 unspecified atom stereocenters. The lowest BCUT2D eigenvalue weighted by Crippen LogP contribution is -2.44. The standard InChI is InChI=1S/C12H17N3OS/c1-12(2,3)9-7-5-4-6-8(9)10(16)14-15-11(13)17/h4-7H,1-3H3,(H,14,16)(H3,13,15,17). The van der Waals surface area contributed by atoms with Gasteiger partial charge in [-0.25, -0.2) is 0 Å². The Hall–Kier alpha value is -1.62. The molecule has 0 aliphatic heterocycles. The number of nitrogens with one attached hydrogen (secondary N) is 2. The van der Waals surface area contributed by atoms with Gasteiger partial charge in [0.25, 0.3) is 5.91 Å². The number of thiocarbonyl (C=S) groups is 1. The van der Waals surface area contributed by atoms with Crippen molar-refractivity contribution in [2.75, 3.05) is 0 Å². The van der Waals surface area contributed by atoms with Gasteiger partial charge in [-0.2, -0.15) is 0 Å². The summed E-state index contributed by atoms with van der Waals surface area (Å²) < 4.78 is 0. The Labute approximate surface area is 107 Å². The van der Waals surface area contributed by atoms with Gasteiger partial charge in [0, 0.05) is 5.56 Å². The molecular formula is C12H17N3OS. The van der Waals surface area contributed by atoms with Crippen LogP contribution < -0.4 is 16.6 Å². The first kappa shape index (κ1) is 13.4. The van der Waals surface area contributed by atoms with E-state index in [4.69, 9.17) is 5.73 Å². The van der Waals surface area contributed by atoms with Gasteiger partial charge in [0.1, 0.15) is 0 Å². The van der Waals surface area contributed by atoms with Gasteiger partial charge in [-0.15, -0.1) is 0 Å². The zero-order chi connectivity index (χ0) is 13.1. The second kappa shape index (κ2) is 5.14. The molecule has 0 aliphatic rings. The maximum absolute atomic E-state index is 11.9. The van der Waals surface area contributed by atoms with Crippen molar-refractivity contribution in [3.63, 3.8) is 0 Å². The lowest BCUT2D eigenvalue weighted by molar-refractivity contribution is 0.0942. The van der Waals surface area contributed by atoms with E-state index in [9.17, 15) is 4.79 Å². The minimum Gasteiger partial charge on any atom is -0.375 e. The lowest BCUT2D eigenvalue weighted by Gasteiger charge is -2.22. The van der Waals surface area contributed by atoms with E-state index in [1.54, 1.807) is 6.07 Å². The van der Waals surface area contributed by atoms with Crippen LogP contribution in [0.4, 0.5) is 0 Å². The fourth-order valence-electron chi connectivity index (χ4n) is 1.52. The molecule has 0 atom stereocenters. The molecule has 17 heavy (non-hydrogen) atoms. The summed E-state index contributed by atoms with van der Waals surface area (Å²) in [4.78, 5) is 11.9. The third-order valence-electron chi connectivity index (χ3n) is 2.28. The number of hydrogen-bond acceptors (Lipinski definition) is 2. The summed E-state index contributed by atoms with van der Waals surface area (Å²) in [7, 11) is 0. The monoisotopic (exact) mass is 251 g/mol. The average Bonchev–Trinajstić information content (AvgIpc) is 2.24. The highest BCUT2D eigenvalue weighted by Gasteiger charge is 2.20. The zero-order valence-electron chi connectivity index (χ0n) is 10.2. The molecule has 0 saturated carbocycles. The summed E-state index contributed by atoms with van der Waals surface area (Å²) in [5, 5.41) is 0.0339. The molecule has 1 rings (SSSR count). The van der Waals surface area contributed by atoms with Gasteiger partial charge in [0.05, 0.1) is 0 Å². The Bertz CT molecular complexity index is 438. The largest absolute Gasteiger partial charge is 0.375 e. The average molecular weight is 251 g/mol. The molecule has 0 aliphatic carbocycles. The Morgan fingerprint density at radius 3 is 2.35 bits per heavy atom. The van der Waals surface area contributed by atoms with E-state index in [2.05, 4.69) is 43.8 Å². The fourth-order valence-corrected chi connectivity index (χ4v) is 1.57. The minimum atomic E-state index is -0.247. The van der Waals surface area contributed by atoms with Crippen molar-refractivity contribution in [2.45, 2.75) is 26.2 Å². The fraction of sp³-hybridized carbons (Fsp3) is 0.333. The number of nitrogens with two attached hydrogens (primary N) is 1. The molecule has 0 saturated heterocycles. The maximum atomic E-state index is 11.9. The van der Waals surface area contributed by atoms with Crippen LogP contribution in [-0.4, -0.2) is 11.0 Å². The van der Waals surface area contributed by atoms with Crippen LogP contribution in [0.5, 0.6) is 0 Å². The molecule has 0 fully saturated rings. The van der Waals surface area contributed by atoms with Gasteiger partial charge < -0.3 is 5.73 Å². The SMILES string of the molecule is CC(C)(C)c1ccccc1C(=O)NNC(N)=S. The number of carbonyl (C=O) groups excluding carboxylic acids is 1. The Morgan fingerprint density at radius 1 is 1.24 bits per heavy atom. The van der Waals surface area contributed by atoms with Crippen molar-refractivity contribution >= 4 is 23.2 Å². The summed E-state index contributed by atoms with van der Waals surface area (Å²) in [6, 6.07) is 7.45. The Balaban J connectivity index is 2.98. The van der Waals surface area contributed by atoms with E-state index in [-0.39, 0.29) is 16.4 Å². The predicted octanol–water partition coefficient (Wildman–Crippen LogP) is 1.46. The summed E-state index contributed by atoms with van der Waals surface area (Å²) >= 11 is 4.62. The van der Waals surface area contributed by atoms with Gasteiger partial charge in [-0.3, -0.25) is 15.6 Å². The number of hydrogen-bond donors (Lipinski definition) is 3. The third kappa shape index (κ3) is 3.71. The van der Waals surface area contributed by atoms with Crippen molar-refractivity contribution in [1.29, 1.82) is 0 Å². The zero-order valence-corrected chi connectivity index (χ0v) is 11.0. The lowest BCUT2D eigenvalue weighted by atomic mass is 9.83. The molecule has 4 nitrogen and oxygen atoms in total. The molecule has 0 aromatic heterocycles. The second-order valence-corrected chi connectivity index (χ2v) is 5.18. The molecule has 0 bridgehead atoms. The van der Waals surface area contributed by atoms with Crippen molar-refractivity contribution in [3.8, 4) is 0 Å². The van der Waals surface area contributed by atoms with Crippen LogP contribution in [-0.2, 0) is 5.41 Å². The van der Waals surface area contributed by atoms with Crippen LogP contribution >= 0.6 is 12.2 Å². The highest BCUT2D eigenvalue weighted by atomic mass is 32.1. The van der Waals surface area contributed by atoms with Crippen LogP contribution in [0.25, 0.3) is 0 Å². The number of rotatable bonds is 1. The van der Waals surface area contributed by atoms with E-state index in [1.165, 1.54) is 0 Å². The van der Waals surface area contributed by atoms with E-state index in [1.807, 2.05) is 18.2 Å². The third-order valence-corrected chi connectivity index (χ3v) is 2.38. The normalized spacial score (nSPS) is 10.8.